The van der Waals surface area contributed by atoms with Crippen LogP contribution in [-0.4, -0.2) is 23.4 Å². The van der Waals surface area contributed by atoms with Crippen LogP contribution >= 0.6 is 0 Å². The van der Waals surface area contributed by atoms with E-state index in [0.717, 1.165) is 33.4 Å². The second-order valence-electron chi connectivity index (χ2n) is 5.79. The van der Waals surface area contributed by atoms with Crippen LogP contribution in [0.15, 0.2) is 71.8 Å². The molecule has 0 spiro atoms. The Balaban J connectivity index is 2.12. The van der Waals surface area contributed by atoms with Gasteiger partial charge >= 0.3 is 0 Å². The van der Waals surface area contributed by atoms with Gasteiger partial charge in [0.15, 0.2) is 0 Å². The van der Waals surface area contributed by atoms with Crippen molar-refractivity contribution in [2.75, 3.05) is 13.2 Å². The maximum Gasteiger partial charge on any atom is 0.0624 e. The van der Waals surface area contributed by atoms with E-state index < -0.39 is 0 Å². The Morgan fingerprint density at radius 3 is 1.35 bits per heavy atom. The summed E-state index contributed by atoms with van der Waals surface area (Å²) in [6, 6.07) is 16.1. The van der Waals surface area contributed by atoms with E-state index in [1.165, 1.54) is 0 Å². The van der Waals surface area contributed by atoms with Gasteiger partial charge in [0.25, 0.3) is 0 Å². The summed E-state index contributed by atoms with van der Waals surface area (Å²) in [5, 5.41) is 17.7. The monoisotopic (exact) mass is 342 g/mol. The Morgan fingerprint density at radius 2 is 1.04 bits per heavy atom. The lowest BCUT2D eigenvalue weighted by molar-refractivity contribution is 0.342. The van der Waals surface area contributed by atoms with Crippen molar-refractivity contribution in [1.29, 1.82) is 0 Å². The molecule has 0 radical (unpaired) electrons. The van der Waals surface area contributed by atoms with Gasteiger partial charge in [-0.05, 0) is 72.5 Å². The van der Waals surface area contributed by atoms with Crippen LogP contribution in [0.25, 0.3) is 11.1 Å². The van der Waals surface area contributed by atoms with Gasteiger partial charge in [-0.2, -0.15) is 0 Å². The zero-order chi connectivity index (χ0) is 18.8. The molecule has 2 N–H and O–H groups in total. The molecule has 0 saturated carbocycles. The van der Waals surface area contributed by atoms with Crippen LogP contribution in [-0.2, 0) is 0 Å². The van der Waals surface area contributed by atoms with Crippen LogP contribution in [0.4, 0.5) is 0 Å². The van der Waals surface area contributed by atoms with E-state index in [9.17, 15) is 0 Å². The third-order valence-corrected chi connectivity index (χ3v) is 3.71. The van der Waals surface area contributed by atoms with Crippen molar-refractivity contribution >= 4 is 0 Å². The maximum atomic E-state index is 8.84. The summed E-state index contributed by atoms with van der Waals surface area (Å²) in [5.74, 6) is 12.2. The summed E-state index contributed by atoms with van der Waals surface area (Å²) in [6.45, 7) is 3.78. The molecule has 0 heterocycles. The summed E-state index contributed by atoms with van der Waals surface area (Å²) in [6.07, 6.45) is 3.37. The molecule has 0 aliphatic heterocycles. The third kappa shape index (κ3) is 6.11. The summed E-state index contributed by atoms with van der Waals surface area (Å²) >= 11 is 0. The molecule has 2 heteroatoms. The van der Waals surface area contributed by atoms with E-state index in [1.807, 2.05) is 62.4 Å². The summed E-state index contributed by atoms with van der Waals surface area (Å²) < 4.78 is 0. The van der Waals surface area contributed by atoms with Crippen LogP contribution in [0.2, 0.25) is 0 Å². The van der Waals surface area contributed by atoms with Gasteiger partial charge in [-0.25, -0.2) is 0 Å². The molecule has 0 aliphatic rings. The average molecular weight is 342 g/mol. The van der Waals surface area contributed by atoms with Crippen molar-refractivity contribution in [3.8, 4) is 34.8 Å². The summed E-state index contributed by atoms with van der Waals surface area (Å²) in [5.41, 5.74) is 5.83. The number of rotatable bonds is 3. The minimum Gasteiger partial charge on any atom is -0.392 e. The largest absolute Gasteiger partial charge is 0.392 e. The molecule has 2 rings (SSSR count). The van der Waals surface area contributed by atoms with Crippen molar-refractivity contribution in [3.63, 3.8) is 0 Å². The van der Waals surface area contributed by atoms with Gasteiger partial charge in [0.2, 0.25) is 0 Å². The minimum absolute atomic E-state index is 0.0110. The van der Waals surface area contributed by atoms with Crippen LogP contribution in [0.1, 0.15) is 25.0 Å². The van der Waals surface area contributed by atoms with Gasteiger partial charge in [-0.15, -0.1) is 0 Å². The fourth-order valence-corrected chi connectivity index (χ4v) is 2.21. The fraction of sp³-hybridized carbons (Fsp3) is 0.167. The van der Waals surface area contributed by atoms with Gasteiger partial charge in [0, 0.05) is 11.1 Å². The second kappa shape index (κ2) is 10.1. The first-order chi connectivity index (χ1) is 12.6. The molecule has 0 saturated heterocycles. The molecule has 0 amide bonds. The predicted octanol–water partition coefficient (Wildman–Crippen LogP) is 3.93. The Morgan fingerprint density at radius 1 is 0.692 bits per heavy atom. The first-order valence-corrected chi connectivity index (χ1v) is 8.42. The number of hydrogen-bond donors (Lipinski definition) is 2. The highest BCUT2D eigenvalue weighted by molar-refractivity contribution is 5.65. The normalized spacial score (nSPS) is 11.2. The van der Waals surface area contributed by atoms with E-state index in [4.69, 9.17) is 10.2 Å². The fourth-order valence-electron chi connectivity index (χ4n) is 2.21. The number of aliphatic hydroxyl groups is 2. The highest BCUT2D eigenvalue weighted by Gasteiger charge is 1.97. The number of benzene rings is 2. The van der Waals surface area contributed by atoms with Crippen molar-refractivity contribution in [2.24, 2.45) is 0 Å². The lowest BCUT2D eigenvalue weighted by Gasteiger charge is -2.02. The van der Waals surface area contributed by atoms with Crippen molar-refractivity contribution in [2.45, 2.75) is 13.8 Å². The van der Waals surface area contributed by atoms with E-state index in [2.05, 4.69) is 23.7 Å². The van der Waals surface area contributed by atoms with Crippen LogP contribution in [0.5, 0.6) is 0 Å². The molecular formula is C24H22O2. The quantitative estimate of drug-likeness (QED) is 0.830. The standard InChI is InChI=1S/C24H22O2/c1-19(15-17-25)3-5-21-7-11-23(12-8-21)24-13-9-22(10-14-24)6-4-20(2)16-18-26/h7-16,25-26H,17-18H2,1-2H3. The zero-order valence-electron chi connectivity index (χ0n) is 15.1. The van der Waals surface area contributed by atoms with Gasteiger partial charge in [0.1, 0.15) is 0 Å². The molecule has 2 nitrogen and oxygen atoms in total. The molecule has 0 bridgehead atoms. The van der Waals surface area contributed by atoms with Crippen LogP contribution in [0, 0.1) is 23.7 Å². The SMILES string of the molecule is CC(C#Cc1ccc(-c2ccc(C#CC(C)=CCO)cc2)cc1)=CCO. The van der Waals surface area contributed by atoms with E-state index >= 15 is 0 Å². The molecule has 0 unspecified atom stereocenters. The molecule has 2 aromatic rings. The average Bonchev–Trinajstić information content (AvgIpc) is 2.66. The van der Waals surface area contributed by atoms with Crippen molar-refractivity contribution < 1.29 is 10.2 Å². The van der Waals surface area contributed by atoms with Crippen molar-refractivity contribution in [1.82, 2.24) is 0 Å². The summed E-state index contributed by atoms with van der Waals surface area (Å²) in [4.78, 5) is 0. The van der Waals surface area contributed by atoms with Gasteiger partial charge < -0.3 is 10.2 Å². The first-order valence-electron chi connectivity index (χ1n) is 8.42. The third-order valence-electron chi connectivity index (χ3n) is 3.71. The molecule has 26 heavy (non-hydrogen) atoms. The number of hydrogen-bond acceptors (Lipinski definition) is 2. The molecule has 2 aromatic carbocycles. The predicted molar refractivity (Wildman–Crippen MR) is 107 cm³/mol. The molecule has 130 valence electrons. The molecular weight excluding hydrogens is 320 g/mol. The Hall–Kier alpha value is -3.04. The van der Waals surface area contributed by atoms with E-state index in [1.54, 1.807) is 12.2 Å². The first kappa shape index (κ1) is 19.3. The summed E-state index contributed by atoms with van der Waals surface area (Å²) in [7, 11) is 0. The van der Waals surface area contributed by atoms with Crippen LogP contribution < -0.4 is 0 Å². The molecule has 0 aliphatic carbocycles. The van der Waals surface area contributed by atoms with Gasteiger partial charge in [-0.3, -0.25) is 0 Å². The molecule has 0 atom stereocenters. The maximum absolute atomic E-state index is 8.84. The van der Waals surface area contributed by atoms with Crippen LogP contribution in [0.3, 0.4) is 0 Å². The minimum atomic E-state index is 0.0110. The second-order valence-corrected chi connectivity index (χ2v) is 5.79. The Kier molecular flexibility index (Phi) is 7.47. The van der Waals surface area contributed by atoms with Crippen molar-refractivity contribution in [3.05, 3.63) is 83.0 Å². The number of aliphatic hydroxyl groups excluding tert-OH is 2. The smallest absolute Gasteiger partial charge is 0.0624 e. The zero-order valence-corrected chi connectivity index (χ0v) is 15.1. The Bertz CT molecular complexity index is 827. The molecule has 0 aromatic heterocycles. The number of allylic oxidation sites excluding steroid dienone is 2. The molecule has 0 fully saturated rings. The highest BCUT2D eigenvalue weighted by atomic mass is 16.3. The Labute approximate surface area is 155 Å². The van der Waals surface area contributed by atoms with Gasteiger partial charge in [0.05, 0.1) is 13.2 Å². The lowest BCUT2D eigenvalue weighted by atomic mass is 10.0. The van der Waals surface area contributed by atoms with E-state index in [-0.39, 0.29) is 13.2 Å². The highest BCUT2D eigenvalue weighted by Crippen LogP contribution is 2.20. The topological polar surface area (TPSA) is 40.5 Å². The lowest BCUT2D eigenvalue weighted by Crippen LogP contribution is -1.82. The van der Waals surface area contributed by atoms with Gasteiger partial charge in [-0.1, -0.05) is 47.9 Å². The van der Waals surface area contributed by atoms with E-state index in [0.29, 0.717) is 0 Å².